The van der Waals surface area contributed by atoms with Crippen LogP contribution in [0.25, 0.3) is 0 Å². The number of rotatable bonds is 4. The van der Waals surface area contributed by atoms with E-state index in [0.29, 0.717) is 30.0 Å². The number of methoxy groups -OCH3 is 1. The molecule has 6 heteroatoms. The molecule has 6 nitrogen and oxygen atoms in total. The second kappa shape index (κ2) is 6.48. The molecule has 0 unspecified atom stereocenters. The van der Waals surface area contributed by atoms with Crippen LogP contribution in [0.4, 0.5) is 11.4 Å². The van der Waals surface area contributed by atoms with Crippen LogP contribution in [0.15, 0.2) is 42.7 Å². The van der Waals surface area contributed by atoms with Crippen molar-refractivity contribution in [2.24, 2.45) is 0 Å². The summed E-state index contributed by atoms with van der Waals surface area (Å²) < 4.78 is 5.38. The highest BCUT2D eigenvalue weighted by molar-refractivity contribution is 6.04. The largest absolute Gasteiger partial charge is 0.494 e. The van der Waals surface area contributed by atoms with Crippen LogP contribution < -0.4 is 15.0 Å². The highest BCUT2D eigenvalue weighted by atomic mass is 16.5. The van der Waals surface area contributed by atoms with E-state index in [9.17, 15) is 9.59 Å². The smallest absolute Gasteiger partial charge is 0.255 e. The SMILES string of the molecule is COc1cc(NC(=O)c2ccncc2)ccc1N1CCCC1=O. The van der Waals surface area contributed by atoms with Gasteiger partial charge in [-0.2, -0.15) is 0 Å². The maximum atomic E-state index is 12.2. The lowest BCUT2D eigenvalue weighted by Gasteiger charge is -2.19. The lowest BCUT2D eigenvalue weighted by molar-refractivity contribution is -0.117. The van der Waals surface area contributed by atoms with Gasteiger partial charge in [0.15, 0.2) is 0 Å². The van der Waals surface area contributed by atoms with Gasteiger partial charge in [0.05, 0.1) is 12.8 Å². The molecule has 0 radical (unpaired) electrons. The summed E-state index contributed by atoms with van der Waals surface area (Å²) in [5, 5.41) is 2.81. The number of carbonyl (C=O) groups is 2. The Balaban J connectivity index is 1.82. The first-order valence-corrected chi connectivity index (χ1v) is 7.39. The Morgan fingerprint density at radius 1 is 1.26 bits per heavy atom. The lowest BCUT2D eigenvalue weighted by Crippen LogP contribution is -2.24. The molecule has 3 rings (SSSR count). The summed E-state index contributed by atoms with van der Waals surface area (Å²) in [5.41, 5.74) is 1.87. The van der Waals surface area contributed by atoms with Gasteiger partial charge >= 0.3 is 0 Å². The zero-order valence-electron chi connectivity index (χ0n) is 12.8. The van der Waals surface area contributed by atoms with Crippen molar-refractivity contribution in [1.29, 1.82) is 0 Å². The summed E-state index contributed by atoms with van der Waals surface area (Å²) >= 11 is 0. The van der Waals surface area contributed by atoms with E-state index in [2.05, 4.69) is 10.3 Å². The first-order chi connectivity index (χ1) is 11.2. The van der Waals surface area contributed by atoms with Crippen molar-refractivity contribution in [3.63, 3.8) is 0 Å². The molecule has 0 atom stereocenters. The van der Waals surface area contributed by atoms with Gasteiger partial charge in [0.2, 0.25) is 5.91 Å². The van der Waals surface area contributed by atoms with E-state index in [-0.39, 0.29) is 11.8 Å². The molecule has 23 heavy (non-hydrogen) atoms. The fraction of sp³-hybridized carbons (Fsp3) is 0.235. The molecule has 0 spiro atoms. The first-order valence-electron chi connectivity index (χ1n) is 7.39. The third-order valence-electron chi connectivity index (χ3n) is 3.74. The Morgan fingerprint density at radius 3 is 2.70 bits per heavy atom. The van der Waals surface area contributed by atoms with E-state index in [1.54, 1.807) is 54.7 Å². The predicted molar refractivity (Wildman–Crippen MR) is 86.8 cm³/mol. The topological polar surface area (TPSA) is 71.5 Å². The fourth-order valence-electron chi connectivity index (χ4n) is 2.59. The predicted octanol–water partition coefficient (Wildman–Crippen LogP) is 2.47. The first kappa shape index (κ1) is 15.0. The van der Waals surface area contributed by atoms with E-state index in [1.807, 2.05) is 0 Å². The van der Waals surface area contributed by atoms with Crippen molar-refractivity contribution in [3.8, 4) is 5.75 Å². The Bertz CT molecular complexity index is 731. The van der Waals surface area contributed by atoms with Gasteiger partial charge in [-0.25, -0.2) is 0 Å². The van der Waals surface area contributed by atoms with Crippen molar-refractivity contribution >= 4 is 23.2 Å². The Morgan fingerprint density at radius 2 is 2.04 bits per heavy atom. The minimum Gasteiger partial charge on any atom is -0.494 e. The highest BCUT2D eigenvalue weighted by Gasteiger charge is 2.24. The quantitative estimate of drug-likeness (QED) is 0.941. The van der Waals surface area contributed by atoms with Crippen molar-refractivity contribution in [2.75, 3.05) is 23.9 Å². The summed E-state index contributed by atoms with van der Waals surface area (Å²) in [7, 11) is 1.55. The molecule has 1 saturated heterocycles. The summed E-state index contributed by atoms with van der Waals surface area (Å²) in [6.07, 6.45) is 4.54. The van der Waals surface area contributed by atoms with Crippen LogP contribution in [-0.2, 0) is 4.79 Å². The molecule has 0 bridgehead atoms. The zero-order chi connectivity index (χ0) is 16.2. The molecular formula is C17H17N3O3. The second-order valence-electron chi connectivity index (χ2n) is 5.23. The maximum absolute atomic E-state index is 12.2. The monoisotopic (exact) mass is 311 g/mol. The van der Waals surface area contributed by atoms with Crippen molar-refractivity contribution < 1.29 is 14.3 Å². The van der Waals surface area contributed by atoms with Crippen LogP contribution in [0.3, 0.4) is 0 Å². The lowest BCUT2D eigenvalue weighted by atomic mass is 10.2. The summed E-state index contributed by atoms with van der Waals surface area (Å²) in [4.78, 5) is 29.7. The van der Waals surface area contributed by atoms with Crippen LogP contribution in [0, 0.1) is 0 Å². The number of nitrogens with zero attached hydrogens (tertiary/aromatic N) is 2. The number of anilines is 2. The molecule has 1 N–H and O–H groups in total. The fourth-order valence-corrected chi connectivity index (χ4v) is 2.59. The molecular weight excluding hydrogens is 294 g/mol. The van der Waals surface area contributed by atoms with Crippen LogP contribution in [-0.4, -0.2) is 30.5 Å². The molecule has 118 valence electrons. The number of benzene rings is 1. The molecule has 1 aliphatic rings. The van der Waals surface area contributed by atoms with Crippen molar-refractivity contribution in [1.82, 2.24) is 4.98 Å². The average Bonchev–Trinajstić information content (AvgIpc) is 3.01. The summed E-state index contributed by atoms with van der Waals surface area (Å²) in [5.74, 6) is 0.434. The second-order valence-corrected chi connectivity index (χ2v) is 5.23. The molecule has 1 fully saturated rings. The molecule has 1 aromatic carbocycles. The molecule has 1 aromatic heterocycles. The van der Waals surface area contributed by atoms with Crippen LogP contribution in [0.2, 0.25) is 0 Å². The minimum atomic E-state index is -0.223. The maximum Gasteiger partial charge on any atom is 0.255 e. The van der Waals surface area contributed by atoms with E-state index in [1.165, 1.54) is 0 Å². The number of amides is 2. The Kier molecular flexibility index (Phi) is 4.23. The number of aromatic nitrogens is 1. The molecule has 2 amide bonds. The third-order valence-corrected chi connectivity index (χ3v) is 3.74. The van der Waals surface area contributed by atoms with Crippen molar-refractivity contribution in [2.45, 2.75) is 12.8 Å². The van der Waals surface area contributed by atoms with Gasteiger partial charge in [0.25, 0.3) is 5.91 Å². The number of hydrogen-bond acceptors (Lipinski definition) is 4. The number of ether oxygens (including phenoxy) is 1. The van der Waals surface area contributed by atoms with Gasteiger partial charge in [-0.3, -0.25) is 14.6 Å². The van der Waals surface area contributed by atoms with Gasteiger partial charge < -0.3 is 15.0 Å². The van der Waals surface area contributed by atoms with Crippen molar-refractivity contribution in [3.05, 3.63) is 48.3 Å². The van der Waals surface area contributed by atoms with Gasteiger partial charge in [-0.05, 0) is 30.7 Å². The van der Waals surface area contributed by atoms with Gasteiger partial charge in [-0.1, -0.05) is 0 Å². The number of carbonyl (C=O) groups excluding carboxylic acids is 2. The van der Waals surface area contributed by atoms with Crippen LogP contribution >= 0.6 is 0 Å². The number of hydrogen-bond donors (Lipinski definition) is 1. The minimum absolute atomic E-state index is 0.0943. The van der Waals surface area contributed by atoms with E-state index >= 15 is 0 Å². The van der Waals surface area contributed by atoms with Gasteiger partial charge in [-0.15, -0.1) is 0 Å². The Labute approximate surface area is 134 Å². The summed E-state index contributed by atoms with van der Waals surface area (Å²) in [6.45, 7) is 0.692. The Hall–Kier alpha value is -2.89. The number of nitrogens with one attached hydrogen (secondary N) is 1. The van der Waals surface area contributed by atoms with Crippen LogP contribution in [0.1, 0.15) is 23.2 Å². The van der Waals surface area contributed by atoms with Gasteiger partial charge in [0, 0.05) is 42.7 Å². The molecule has 0 saturated carbocycles. The van der Waals surface area contributed by atoms with Gasteiger partial charge in [0.1, 0.15) is 5.75 Å². The number of pyridine rings is 1. The van der Waals surface area contributed by atoms with Crippen LogP contribution in [0.5, 0.6) is 5.75 Å². The molecule has 2 heterocycles. The molecule has 2 aromatic rings. The highest BCUT2D eigenvalue weighted by Crippen LogP contribution is 2.33. The summed E-state index contributed by atoms with van der Waals surface area (Å²) in [6, 6.07) is 8.57. The standard InChI is InChI=1S/C17H17N3O3/c1-23-15-11-13(19-17(22)12-6-8-18-9-7-12)4-5-14(15)20-10-2-3-16(20)21/h4-9,11H,2-3,10H2,1H3,(H,19,22). The average molecular weight is 311 g/mol. The van der Waals surface area contributed by atoms with E-state index in [0.717, 1.165) is 12.1 Å². The van der Waals surface area contributed by atoms with E-state index < -0.39 is 0 Å². The third kappa shape index (κ3) is 3.15. The zero-order valence-corrected chi connectivity index (χ0v) is 12.8. The molecule has 0 aliphatic carbocycles. The molecule has 1 aliphatic heterocycles. The normalized spacial score (nSPS) is 14.0. The van der Waals surface area contributed by atoms with E-state index in [4.69, 9.17) is 4.74 Å².